The largest absolute Gasteiger partial charge is 0.465 e. The first kappa shape index (κ1) is 24.7. The van der Waals surface area contributed by atoms with Crippen molar-refractivity contribution < 1.29 is 29.0 Å². The van der Waals surface area contributed by atoms with Crippen LogP contribution >= 0.6 is 0 Å². The Morgan fingerprint density at radius 2 is 1.83 bits per heavy atom. The molecule has 1 aromatic carbocycles. The predicted molar refractivity (Wildman–Crippen MR) is 131 cm³/mol. The Morgan fingerprint density at radius 1 is 1.03 bits per heavy atom. The summed E-state index contributed by atoms with van der Waals surface area (Å²) in [5, 5.41) is 9.80. The first-order valence-corrected chi connectivity index (χ1v) is 12.9. The number of allylic oxidation sites excluding steroid dienone is 1. The molecule has 4 aliphatic rings. The lowest BCUT2D eigenvalue weighted by atomic mass is 9.73. The Morgan fingerprint density at radius 3 is 2.58 bits per heavy atom. The Balaban J connectivity index is 1.61. The summed E-state index contributed by atoms with van der Waals surface area (Å²) >= 11 is 0. The van der Waals surface area contributed by atoms with Crippen molar-refractivity contribution in [1.29, 1.82) is 0 Å². The van der Waals surface area contributed by atoms with E-state index in [1.807, 2.05) is 61.6 Å². The molecule has 8 heteroatoms. The maximum Gasteiger partial charge on any atom is 0.313 e. The molecule has 2 saturated heterocycles. The number of hydrogen-bond acceptors (Lipinski definition) is 6. The minimum Gasteiger partial charge on any atom is -0.465 e. The van der Waals surface area contributed by atoms with Crippen molar-refractivity contribution in [1.82, 2.24) is 9.80 Å². The summed E-state index contributed by atoms with van der Waals surface area (Å²) in [6, 6.07) is 8.70. The Labute approximate surface area is 211 Å². The summed E-state index contributed by atoms with van der Waals surface area (Å²) in [5.41, 5.74) is -1.41. The molecule has 0 bridgehead atoms. The topological polar surface area (TPSA) is 96.4 Å². The zero-order valence-corrected chi connectivity index (χ0v) is 20.7. The van der Waals surface area contributed by atoms with Crippen LogP contribution in [0.4, 0.5) is 0 Å². The second-order valence-corrected chi connectivity index (χ2v) is 10.0. The van der Waals surface area contributed by atoms with Gasteiger partial charge < -0.3 is 24.4 Å². The molecule has 5 rings (SSSR count). The summed E-state index contributed by atoms with van der Waals surface area (Å²) in [5.74, 6) is -2.86. The molecule has 4 heterocycles. The first-order valence-electron chi connectivity index (χ1n) is 12.9. The van der Waals surface area contributed by atoms with Crippen LogP contribution in [0.15, 0.2) is 54.6 Å². The molecule has 8 nitrogen and oxygen atoms in total. The van der Waals surface area contributed by atoms with Crippen molar-refractivity contribution in [2.24, 2.45) is 11.8 Å². The van der Waals surface area contributed by atoms with Crippen molar-refractivity contribution >= 4 is 17.8 Å². The average Bonchev–Trinajstić information content (AvgIpc) is 3.24. The number of aliphatic hydroxyl groups is 1. The number of β-amino-alcohol motifs (C(OH)–C–C–N with tert-alkyl or cyclic N) is 1. The number of ether oxygens (including phenoxy) is 2. The number of esters is 1. The van der Waals surface area contributed by atoms with Crippen LogP contribution < -0.4 is 0 Å². The van der Waals surface area contributed by atoms with Crippen molar-refractivity contribution in [3.8, 4) is 0 Å². The third-order valence-corrected chi connectivity index (χ3v) is 8.02. The van der Waals surface area contributed by atoms with Gasteiger partial charge in [-0.2, -0.15) is 0 Å². The van der Waals surface area contributed by atoms with E-state index in [0.29, 0.717) is 26.1 Å². The van der Waals surface area contributed by atoms with Gasteiger partial charge in [-0.25, -0.2) is 0 Å². The number of benzene rings is 1. The van der Waals surface area contributed by atoms with E-state index < -0.39 is 35.0 Å². The van der Waals surface area contributed by atoms with E-state index in [9.17, 15) is 19.5 Å². The number of fused-ring (bicyclic) bond motifs is 2. The van der Waals surface area contributed by atoms with Crippen molar-refractivity contribution in [3.05, 3.63) is 60.2 Å². The number of nitrogens with zero attached hydrogens (tertiary/aromatic N) is 2. The van der Waals surface area contributed by atoms with Gasteiger partial charge in [0.1, 0.15) is 23.2 Å². The molecule has 0 saturated carbocycles. The van der Waals surface area contributed by atoms with Gasteiger partial charge >= 0.3 is 5.97 Å². The first-order chi connectivity index (χ1) is 17.5. The average molecular weight is 495 g/mol. The number of hydrogen-bond donors (Lipinski definition) is 1. The quantitative estimate of drug-likeness (QED) is 0.498. The number of carbonyl (C=O) groups is 3. The highest BCUT2D eigenvalue weighted by Gasteiger charge is 2.75. The van der Waals surface area contributed by atoms with Crippen molar-refractivity contribution in [2.75, 3.05) is 26.3 Å². The molecule has 0 aromatic heterocycles. The summed E-state index contributed by atoms with van der Waals surface area (Å²) in [6.07, 6.45) is 10.6. The molecule has 0 aliphatic carbocycles. The number of likely N-dealkylation sites (tertiary alicyclic amines) is 1. The zero-order valence-electron chi connectivity index (χ0n) is 20.7. The summed E-state index contributed by atoms with van der Waals surface area (Å²) in [6.45, 7) is 2.65. The highest BCUT2D eigenvalue weighted by atomic mass is 16.6. The van der Waals surface area contributed by atoms with Gasteiger partial charge in [0.05, 0.1) is 19.1 Å². The van der Waals surface area contributed by atoms with Gasteiger partial charge in [0.15, 0.2) is 0 Å². The number of cyclic esters (lactones) is 1. The van der Waals surface area contributed by atoms with Gasteiger partial charge in [0, 0.05) is 19.6 Å². The molecule has 1 spiro atoms. The Bertz CT molecular complexity index is 1070. The van der Waals surface area contributed by atoms with Crippen LogP contribution in [0.1, 0.15) is 38.2 Å². The van der Waals surface area contributed by atoms with Crippen LogP contribution in [0.25, 0.3) is 0 Å². The van der Waals surface area contributed by atoms with E-state index >= 15 is 0 Å². The molecule has 36 heavy (non-hydrogen) atoms. The summed E-state index contributed by atoms with van der Waals surface area (Å²) in [4.78, 5) is 44.7. The molecule has 192 valence electrons. The highest BCUT2D eigenvalue weighted by Crippen LogP contribution is 2.58. The predicted octanol–water partition coefficient (Wildman–Crippen LogP) is 2.22. The van der Waals surface area contributed by atoms with Crippen LogP contribution in [-0.2, 0) is 30.4 Å². The highest BCUT2D eigenvalue weighted by molar-refractivity contribution is 5.99. The van der Waals surface area contributed by atoms with Gasteiger partial charge in [0.25, 0.3) is 0 Å². The van der Waals surface area contributed by atoms with Crippen LogP contribution in [0.3, 0.4) is 0 Å². The number of amides is 2. The SMILES string of the molecule is CC[C@@]12/C=C\CCCCOC(=O)[C@@H]1[C@H]1C(=O)N(CCO)C3C(=O)N(Cc4ccccc4)CC=C[C@@]31O2. The van der Waals surface area contributed by atoms with Crippen molar-refractivity contribution in [3.63, 3.8) is 0 Å². The minimum atomic E-state index is -1.33. The third kappa shape index (κ3) is 3.87. The van der Waals surface area contributed by atoms with Gasteiger partial charge in [-0.3, -0.25) is 14.4 Å². The number of rotatable bonds is 5. The Kier molecular flexibility index (Phi) is 6.74. The van der Waals surface area contributed by atoms with Crippen molar-refractivity contribution in [2.45, 2.75) is 56.4 Å². The second kappa shape index (κ2) is 9.82. The van der Waals surface area contributed by atoms with Gasteiger partial charge in [-0.05, 0) is 31.2 Å². The molecule has 5 atom stereocenters. The molecular weight excluding hydrogens is 460 g/mol. The van der Waals surface area contributed by atoms with E-state index in [1.54, 1.807) is 4.90 Å². The lowest BCUT2D eigenvalue weighted by Gasteiger charge is -2.38. The van der Waals surface area contributed by atoms with Crippen LogP contribution in [-0.4, -0.2) is 76.2 Å². The minimum absolute atomic E-state index is 0.0133. The van der Waals surface area contributed by atoms with E-state index in [1.165, 1.54) is 4.90 Å². The second-order valence-electron chi connectivity index (χ2n) is 10.0. The maximum absolute atomic E-state index is 14.1. The number of aliphatic hydroxyl groups excluding tert-OH is 1. The van der Waals surface area contributed by atoms with Gasteiger partial charge in [0.2, 0.25) is 11.8 Å². The van der Waals surface area contributed by atoms with E-state index in [2.05, 4.69) is 0 Å². The standard InChI is InChI=1S/C28H34N2O6/c1-2-27-13-8-3-4-9-18-35-26(34)22(27)21-24(32)30(16-17-31)23-25(33)29(15-10-14-28(21,23)36-27)19-20-11-6-5-7-12-20/h5-8,10-14,21-23,31H,2-4,9,15-19H2,1H3/b13-8-/t21-,22-,23?,27+,28-/m0/s1. The fraction of sp³-hybridized carbons (Fsp3) is 0.536. The zero-order chi connectivity index (χ0) is 25.3. The monoisotopic (exact) mass is 494 g/mol. The third-order valence-electron chi connectivity index (χ3n) is 8.02. The van der Waals surface area contributed by atoms with Crippen LogP contribution in [0, 0.1) is 11.8 Å². The van der Waals surface area contributed by atoms with E-state index in [-0.39, 0.29) is 25.0 Å². The number of carbonyl (C=O) groups excluding carboxylic acids is 3. The molecule has 1 N–H and O–H groups in total. The van der Waals surface area contributed by atoms with Gasteiger partial charge in [-0.15, -0.1) is 0 Å². The van der Waals surface area contributed by atoms with Gasteiger partial charge in [-0.1, -0.05) is 61.6 Å². The molecule has 2 amide bonds. The fourth-order valence-corrected chi connectivity index (χ4v) is 6.38. The van der Waals surface area contributed by atoms with Crippen LogP contribution in [0.5, 0.6) is 0 Å². The Hall–Kier alpha value is -2.97. The van der Waals surface area contributed by atoms with Crippen LogP contribution in [0.2, 0.25) is 0 Å². The fourth-order valence-electron chi connectivity index (χ4n) is 6.38. The molecule has 4 aliphatic heterocycles. The lowest BCUT2D eigenvalue weighted by molar-refractivity contribution is -0.161. The molecule has 1 unspecified atom stereocenters. The molecular formula is C28H34N2O6. The van der Waals surface area contributed by atoms with E-state index in [4.69, 9.17) is 9.47 Å². The molecule has 1 aromatic rings. The molecule has 0 radical (unpaired) electrons. The van der Waals surface area contributed by atoms with E-state index in [0.717, 1.165) is 24.8 Å². The smallest absolute Gasteiger partial charge is 0.313 e. The normalized spacial score (nSPS) is 35.1. The molecule has 2 fully saturated rings. The summed E-state index contributed by atoms with van der Waals surface area (Å²) < 4.78 is 12.5. The summed E-state index contributed by atoms with van der Waals surface area (Å²) in [7, 11) is 0. The maximum atomic E-state index is 14.1. The lowest BCUT2D eigenvalue weighted by Crippen LogP contribution is -2.56.